The van der Waals surface area contributed by atoms with E-state index in [0.717, 1.165) is 65.4 Å². The van der Waals surface area contributed by atoms with Crippen molar-refractivity contribution >= 4 is 34.1 Å². The van der Waals surface area contributed by atoms with E-state index < -0.39 is 5.79 Å². The SMILES string of the molecule is C[C@@H](Oc1ccc2[nH]nc(-c3ccc4c(c3)COC3(CCN(C5CCC5)CC3)O4)c2c1)c1c(Cl)cncc1Cl. The highest BCUT2D eigenvalue weighted by molar-refractivity contribution is 6.35. The summed E-state index contributed by atoms with van der Waals surface area (Å²) in [5.74, 6) is 1.10. The summed E-state index contributed by atoms with van der Waals surface area (Å²) in [6.07, 6.45) is 8.64. The number of nitrogens with one attached hydrogen (secondary N) is 1. The highest BCUT2D eigenvalue weighted by Gasteiger charge is 2.42. The highest BCUT2D eigenvalue weighted by atomic mass is 35.5. The molecule has 0 radical (unpaired) electrons. The normalized spacial score (nSPS) is 19.9. The number of rotatable bonds is 5. The topological polar surface area (TPSA) is 72.5 Å². The van der Waals surface area contributed by atoms with Gasteiger partial charge in [-0.25, -0.2) is 0 Å². The Kier molecular flexibility index (Phi) is 6.43. The molecule has 4 heterocycles. The molecule has 9 heteroatoms. The first-order valence-corrected chi connectivity index (χ1v) is 14.4. The number of likely N-dealkylation sites (tertiary alicyclic amines) is 1. The number of halogens is 2. The smallest absolute Gasteiger partial charge is 0.213 e. The van der Waals surface area contributed by atoms with E-state index >= 15 is 0 Å². The Morgan fingerprint density at radius 2 is 1.87 bits per heavy atom. The fourth-order valence-corrected chi connectivity index (χ4v) is 6.64. The van der Waals surface area contributed by atoms with Gasteiger partial charge in [0.2, 0.25) is 5.79 Å². The van der Waals surface area contributed by atoms with Crippen LogP contribution in [-0.2, 0) is 11.3 Å². The van der Waals surface area contributed by atoms with Gasteiger partial charge in [-0.3, -0.25) is 15.0 Å². The molecule has 1 aliphatic carbocycles. The third-order valence-corrected chi connectivity index (χ3v) is 9.02. The summed E-state index contributed by atoms with van der Waals surface area (Å²) in [5, 5.41) is 9.68. The average Bonchev–Trinajstić information content (AvgIpc) is 3.32. The number of aromatic amines is 1. The van der Waals surface area contributed by atoms with E-state index in [1.807, 2.05) is 25.1 Å². The lowest BCUT2D eigenvalue weighted by Gasteiger charge is -2.47. The van der Waals surface area contributed by atoms with E-state index in [9.17, 15) is 0 Å². The van der Waals surface area contributed by atoms with Crippen LogP contribution < -0.4 is 9.47 Å². The second-order valence-corrected chi connectivity index (χ2v) is 11.6. The molecule has 2 fully saturated rings. The zero-order chi connectivity index (χ0) is 26.6. The van der Waals surface area contributed by atoms with E-state index in [-0.39, 0.29) is 6.10 Å². The van der Waals surface area contributed by atoms with Gasteiger partial charge in [0.1, 0.15) is 23.3 Å². The van der Waals surface area contributed by atoms with Gasteiger partial charge < -0.3 is 14.2 Å². The Morgan fingerprint density at radius 3 is 2.62 bits per heavy atom. The van der Waals surface area contributed by atoms with Crippen molar-refractivity contribution in [3.05, 3.63) is 70.0 Å². The van der Waals surface area contributed by atoms with Crippen LogP contribution in [0.3, 0.4) is 0 Å². The highest BCUT2D eigenvalue weighted by Crippen LogP contribution is 2.41. The number of H-pyrrole nitrogens is 1. The van der Waals surface area contributed by atoms with Gasteiger partial charge >= 0.3 is 0 Å². The summed E-state index contributed by atoms with van der Waals surface area (Å²) in [4.78, 5) is 6.64. The van der Waals surface area contributed by atoms with Crippen LogP contribution in [0.5, 0.6) is 11.5 Å². The second kappa shape index (κ2) is 9.97. The van der Waals surface area contributed by atoms with Crippen LogP contribution in [0.25, 0.3) is 22.2 Å². The molecule has 0 bridgehead atoms. The molecule has 2 aromatic carbocycles. The summed E-state index contributed by atoms with van der Waals surface area (Å²) < 4.78 is 19.1. The number of pyridine rings is 1. The van der Waals surface area contributed by atoms with Crippen LogP contribution in [-0.4, -0.2) is 45.0 Å². The van der Waals surface area contributed by atoms with Crippen LogP contribution >= 0.6 is 23.2 Å². The van der Waals surface area contributed by atoms with Crippen molar-refractivity contribution in [3.63, 3.8) is 0 Å². The van der Waals surface area contributed by atoms with E-state index in [2.05, 4.69) is 38.3 Å². The van der Waals surface area contributed by atoms with Crippen LogP contribution in [0.2, 0.25) is 10.0 Å². The second-order valence-electron chi connectivity index (χ2n) is 10.8. The summed E-state index contributed by atoms with van der Waals surface area (Å²) in [5.41, 5.74) is 4.52. The molecular formula is C30H30Cl2N4O3. The van der Waals surface area contributed by atoms with Crippen LogP contribution in [0.1, 0.15) is 56.3 Å². The maximum atomic E-state index is 6.50. The van der Waals surface area contributed by atoms with Crippen LogP contribution in [0.15, 0.2) is 48.8 Å². The number of hydrogen-bond acceptors (Lipinski definition) is 6. The van der Waals surface area contributed by atoms with E-state index in [1.165, 1.54) is 19.3 Å². The summed E-state index contributed by atoms with van der Waals surface area (Å²) in [6.45, 7) is 4.54. The third kappa shape index (κ3) is 4.65. The largest absolute Gasteiger partial charge is 0.486 e. The monoisotopic (exact) mass is 564 g/mol. The number of fused-ring (bicyclic) bond motifs is 2. The molecular weight excluding hydrogens is 535 g/mol. The molecule has 1 spiro atoms. The van der Waals surface area contributed by atoms with Crippen LogP contribution in [0, 0.1) is 0 Å². The van der Waals surface area contributed by atoms with Crippen molar-refractivity contribution in [1.82, 2.24) is 20.1 Å². The lowest BCUT2D eigenvalue weighted by molar-refractivity contribution is -0.231. The van der Waals surface area contributed by atoms with Gasteiger partial charge in [0.25, 0.3) is 0 Å². The number of aromatic nitrogens is 3. The quantitative estimate of drug-likeness (QED) is 0.273. The molecule has 7 nitrogen and oxygen atoms in total. The molecule has 39 heavy (non-hydrogen) atoms. The zero-order valence-electron chi connectivity index (χ0n) is 21.8. The van der Waals surface area contributed by atoms with Crippen molar-refractivity contribution in [3.8, 4) is 22.8 Å². The average molecular weight is 566 g/mol. The first-order chi connectivity index (χ1) is 19.0. The van der Waals surface area contributed by atoms with Gasteiger partial charge in [-0.1, -0.05) is 29.6 Å². The van der Waals surface area contributed by atoms with Crippen molar-refractivity contribution in [1.29, 1.82) is 0 Å². The first kappa shape index (κ1) is 25.1. The number of nitrogens with zero attached hydrogens (tertiary/aromatic N) is 3. The molecule has 2 aliphatic heterocycles. The molecule has 7 rings (SSSR count). The number of benzene rings is 2. The van der Waals surface area contributed by atoms with Crippen LogP contribution in [0.4, 0.5) is 0 Å². The maximum absolute atomic E-state index is 6.50. The predicted molar refractivity (Wildman–Crippen MR) is 151 cm³/mol. The van der Waals surface area contributed by atoms with Crippen molar-refractivity contribution in [2.45, 2.75) is 63.6 Å². The van der Waals surface area contributed by atoms with E-state index in [4.69, 9.17) is 37.4 Å². The van der Waals surface area contributed by atoms with Crippen molar-refractivity contribution < 1.29 is 14.2 Å². The van der Waals surface area contributed by atoms with Gasteiger partial charge in [0, 0.05) is 66.4 Å². The summed E-state index contributed by atoms with van der Waals surface area (Å²) in [7, 11) is 0. The minimum atomic E-state index is -0.503. The Bertz CT molecular complexity index is 1510. The Hall–Kier alpha value is -2.84. The minimum Gasteiger partial charge on any atom is -0.486 e. The predicted octanol–water partition coefficient (Wildman–Crippen LogP) is 7.33. The molecule has 1 atom stereocenters. The fraction of sp³-hybridized carbons (Fsp3) is 0.400. The summed E-state index contributed by atoms with van der Waals surface area (Å²) in [6, 6.07) is 12.9. The molecule has 202 valence electrons. The number of hydrogen-bond donors (Lipinski definition) is 1. The van der Waals surface area contributed by atoms with E-state index in [0.29, 0.717) is 28.0 Å². The third-order valence-electron chi connectivity index (χ3n) is 8.42. The lowest BCUT2D eigenvalue weighted by Crippen LogP contribution is -2.54. The molecule has 4 aromatic rings. The lowest BCUT2D eigenvalue weighted by atomic mass is 9.89. The van der Waals surface area contributed by atoms with Gasteiger partial charge in [-0.2, -0.15) is 5.10 Å². The standard InChI is InChI=1S/C30H30Cl2N4O3/c1-18(28-24(31)15-33-16-25(28)32)38-22-6-7-26-23(14-22)29(35-34-26)19-5-8-27-20(13-19)17-37-30(39-27)9-11-36(12-10-30)21-3-2-4-21/h5-8,13-16,18,21H,2-4,9-12,17H2,1H3,(H,34,35)/t18-/m1/s1. The number of ether oxygens (including phenoxy) is 3. The molecule has 0 unspecified atom stereocenters. The Labute approximate surface area is 237 Å². The fourth-order valence-electron chi connectivity index (χ4n) is 5.97. The summed E-state index contributed by atoms with van der Waals surface area (Å²) >= 11 is 12.7. The van der Waals surface area contributed by atoms with E-state index in [1.54, 1.807) is 12.4 Å². The molecule has 0 amide bonds. The Balaban J connectivity index is 1.11. The molecule has 1 N–H and O–H groups in total. The first-order valence-electron chi connectivity index (χ1n) is 13.6. The molecule has 2 aromatic heterocycles. The number of piperidine rings is 1. The van der Waals surface area contributed by atoms with Gasteiger partial charge in [0.15, 0.2) is 0 Å². The molecule has 1 saturated heterocycles. The maximum Gasteiger partial charge on any atom is 0.213 e. The molecule has 3 aliphatic rings. The zero-order valence-corrected chi connectivity index (χ0v) is 23.3. The van der Waals surface area contributed by atoms with Gasteiger partial charge in [-0.15, -0.1) is 0 Å². The molecule has 1 saturated carbocycles. The minimum absolute atomic E-state index is 0.355. The van der Waals surface area contributed by atoms with Crippen molar-refractivity contribution in [2.75, 3.05) is 13.1 Å². The van der Waals surface area contributed by atoms with Gasteiger partial charge in [0.05, 0.1) is 22.2 Å². The van der Waals surface area contributed by atoms with Gasteiger partial charge in [-0.05, 0) is 56.2 Å². The van der Waals surface area contributed by atoms with Crippen molar-refractivity contribution in [2.24, 2.45) is 0 Å². The Morgan fingerprint density at radius 1 is 1.08 bits per heavy atom.